The van der Waals surface area contributed by atoms with E-state index in [4.69, 9.17) is 10.5 Å². The Kier molecular flexibility index (Phi) is 3.54. The second-order valence-corrected chi connectivity index (χ2v) is 5.16. The van der Waals surface area contributed by atoms with Crippen LogP contribution in [0.4, 0.5) is 14.5 Å². The van der Waals surface area contributed by atoms with Crippen LogP contribution >= 0.6 is 0 Å². The third kappa shape index (κ3) is 2.46. The molecule has 2 atom stereocenters. The molecule has 2 aromatic rings. The van der Waals surface area contributed by atoms with Crippen molar-refractivity contribution in [2.24, 2.45) is 5.92 Å². The molecule has 112 valence electrons. The lowest BCUT2D eigenvalue weighted by molar-refractivity contribution is 0.173. The molecule has 0 spiro atoms. The maximum Gasteiger partial charge on any atom is 0.184 e. The van der Waals surface area contributed by atoms with Crippen molar-refractivity contribution < 1.29 is 13.5 Å². The van der Waals surface area contributed by atoms with Crippen molar-refractivity contribution in [1.82, 2.24) is 20.2 Å². The molecular formula is C13H15F2N5O. The van der Waals surface area contributed by atoms with Crippen LogP contribution in [-0.2, 0) is 4.74 Å². The van der Waals surface area contributed by atoms with E-state index in [0.29, 0.717) is 19.0 Å². The summed E-state index contributed by atoms with van der Waals surface area (Å²) in [6, 6.07) is 1.93. The molecule has 3 rings (SSSR count). The monoisotopic (exact) mass is 295 g/mol. The minimum Gasteiger partial charge on any atom is -0.398 e. The van der Waals surface area contributed by atoms with Crippen LogP contribution in [0.15, 0.2) is 12.1 Å². The van der Waals surface area contributed by atoms with Gasteiger partial charge in [-0.05, 0) is 29.8 Å². The second-order valence-electron chi connectivity index (χ2n) is 5.16. The van der Waals surface area contributed by atoms with Gasteiger partial charge in [-0.25, -0.2) is 13.5 Å². The van der Waals surface area contributed by atoms with E-state index >= 15 is 0 Å². The number of benzene rings is 1. The van der Waals surface area contributed by atoms with Crippen LogP contribution in [-0.4, -0.2) is 33.4 Å². The molecule has 8 heteroatoms. The van der Waals surface area contributed by atoms with Crippen LogP contribution in [0.3, 0.4) is 0 Å². The first kappa shape index (κ1) is 13.9. The number of anilines is 1. The number of tetrazole rings is 1. The number of halogens is 2. The zero-order valence-corrected chi connectivity index (χ0v) is 11.5. The average Bonchev–Trinajstić information content (AvgIpc) is 3.12. The quantitative estimate of drug-likeness (QED) is 0.873. The summed E-state index contributed by atoms with van der Waals surface area (Å²) in [5.41, 5.74) is 6.14. The van der Waals surface area contributed by atoms with Crippen LogP contribution in [0, 0.1) is 17.6 Å². The summed E-state index contributed by atoms with van der Waals surface area (Å²) < 4.78 is 33.6. The molecular weight excluding hydrogens is 280 g/mol. The van der Waals surface area contributed by atoms with Gasteiger partial charge in [0.05, 0.1) is 12.6 Å². The Hall–Kier alpha value is -2.09. The van der Waals surface area contributed by atoms with Gasteiger partial charge in [0, 0.05) is 29.8 Å². The molecule has 2 heterocycles. The van der Waals surface area contributed by atoms with E-state index < -0.39 is 11.6 Å². The summed E-state index contributed by atoms with van der Waals surface area (Å²) in [5.74, 6) is -1.37. The summed E-state index contributed by atoms with van der Waals surface area (Å²) in [6.07, 6.45) is 0.910. The van der Waals surface area contributed by atoms with E-state index in [1.807, 2.05) is 6.92 Å². The van der Waals surface area contributed by atoms with Crippen LogP contribution in [0.1, 0.15) is 19.4 Å². The Morgan fingerprint density at radius 2 is 2.14 bits per heavy atom. The molecule has 1 aromatic carbocycles. The third-order valence-electron chi connectivity index (χ3n) is 3.86. The van der Waals surface area contributed by atoms with Crippen molar-refractivity contribution in [2.45, 2.75) is 19.4 Å². The Morgan fingerprint density at radius 1 is 1.38 bits per heavy atom. The molecule has 0 amide bonds. The molecule has 6 nitrogen and oxygen atoms in total. The fourth-order valence-corrected chi connectivity index (χ4v) is 2.53. The fraction of sp³-hybridized carbons (Fsp3) is 0.462. The summed E-state index contributed by atoms with van der Waals surface area (Å²) in [6.45, 7) is 3.31. The molecule has 0 radical (unpaired) electrons. The number of nitrogen functional groups attached to an aromatic ring is 1. The van der Waals surface area contributed by atoms with Crippen molar-refractivity contribution in [3.8, 4) is 11.4 Å². The first-order valence-corrected chi connectivity index (χ1v) is 6.68. The number of ether oxygens (including phenoxy) is 1. The Morgan fingerprint density at radius 3 is 2.86 bits per heavy atom. The van der Waals surface area contributed by atoms with Gasteiger partial charge in [-0.1, -0.05) is 0 Å². The van der Waals surface area contributed by atoms with E-state index in [9.17, 15) is 8.78 Å². The van der Waals surface area contributed by atoms with Gasteiger partial charge in [-0.3, -0.25) is 0 Å². The molecule has 1 saturated heterocycles. The summed E-state index contributed by atoms with van der Waals surface area (Å²) in [5, 5.41) is 11.5. The number of rotatable bonds is 3. The number of nitrogens with two attached hydrogens (primary N) is 1. The SMILES string of the molecule is CC(C1CCOC1)n1nnnc1-c1cc(F)c(F)cc1N. The van der Waals surface area contributed by atoms with Gasteiger partial charge in [0.15, 0.2) is 17.5 Å². The maximum atomic E-state index is 13.5. The van der Waals surface area contributed by atoms with Crippen LogP contribution < -0.4 is 5.73 Å². The number of hydrogen-bond donors (Lipinski definition) is 1. The highest BCUT2D eigenvalue weighted by Crippen LogP contribution is 2.31. The van der Waals surface area contributed by atoms with Gasteiger partial charge in [-0.15, -0.1) is 5.10 Å². The van der Waals surface area contributed by atoms with Crippen LogP contribution in [0.2, 0.25) is 0 Å². The lowest BCUT2D eigenvalue weighted by Gasteiger charge is -2.19. The van der Waals surface area contributed by atoms with Crippen molar-refractivity contribution in [3.63, 3.8) is 0 Å². The molecule has 1 aliphatic rings. The molecule has 2 N–H and O–H groups in total. The molecule has 0 bridgehead atoms. The smallest absolute Gasteiger partial charge is 0.184 e. The molecule has 1 aromatic heterocycles. The standard InChI is InChI=1S/C13H15F2N5O/c1-7(8-2-3-21-6-8)20-13(17-18-19-20)9-4-10(14)11(15)5-12(9)16/h4-5,7-8H,2-3,6,16H2,1H3. The average molecular weight is 295 g/mol. The van der Waals surface area contributed by atoms with E-state index in [2.05, 4.69) is 15.5 Å². The number of aromatic nitrogens is 4. The zero-order valence-electron chi connectivity index (χ0n) is 11.5. The Labute approximate surface area is 119 Å². The molecule has 0 aliphatic carbocycles. The lowest BCUT2D eigenvalue weighted by Crippen LogP contribution is -2.19. The molecule has 1 aliphatic heterocycles. The van der Waals surface area contributed by atoms with Crippen LogP contribution in [0.5, 0.6) is 0 Å². The predicted molar refractivity (Wildman–Crippen MR) is 71.2 cm³/mol. The topological polar surface area (TPSA) is 78.8 Å². The molecule has 21 heavy (non-hydrogen) atoms. The summed E-state index contributed by atoms with van der Waals surface area (Å²) in [4.78, 5) is 0. The van der Waals surface area contributed by atoms with E-state index in [-0.39, 0.29) is 23.2 Å². The second kappa shape index (κ2) is 5.36. The molecule has 2 unspecified atom stereocenters. The number of hydrogen-bond acceptors (Lipinski definition) is 5. The van der Waals surface area contributed by atoms with E-state index in [0.717, 1.165) is 18.6 Å². The van der Waals surface area contributed by atoms with E-state index in [1.54, 1.807) is 4.68 Å². The third-order valence-corrected chi connectivity index (χ3v) is 3.86. The maximum absolute atomic E-state index is 13.5. The number of nitrogens with zero attached hydrogens (tertiary/aromatic N) is 4. The lowest BCUT2D eigenvalue weighted by atomic mass is 10.0. The van der Waals surface area contributed by atoms with Gasteiger partial charge in [0.2, 0.25) is 0 Å². The normalized spacial score (nSPS) is 19.9. The fourth-order valence-electron chi connectivity index (χ4n) is 2.53. The predicted octanol–water partition coefficient (Wildman–Crippen LogP) is 1.80. The Bertz CT molecular complexity index is 654. The zero-order chi connectivity index (χ0) is 15.0. The Balaban J connectivity index is 2.00. The van der Waals surface area contributed by atoms with E-state index in [1.165, 1.54) is 0 Å². The van der Waals surface area contributed by atoms with Crippen molar-refractivity contribution in [2.75, 3.05) is 18.9 Å². The van der Waals surface area contributed by atoms with Gasteiger partial charge >= 0.3 is 0 Å². The van der Waals surface area contributed by atoms with Crippen molar-refractivity contribution in [1.29, 1.82) is 0 Å². The molecule has 0 saturated carbocycles. The van der Waals surface area contributed by atoms with Crippen LogP contribution in [0.25, 0.3) is 11.4 Å². The van der Waals surface area contributed by atoms with Crippen molar-refractivity contribution in [3.05, 3.63) is 23.8 Å². The highest BCUT2D eigenvalue weighted by molar-refractivity contribution is 5.71. The van der Waals surface area contributed by atoms with Gasteiger partial charge in [0.1, 0.15) is 0 Å². The van der Waals surface area contributed by atoms with Gasteiger partial charge < -0.3 is 10.5 Å². The van der Waals surface area contributed by atoms with Crippen molar-refractivity contribution >= 4 is 5.69 Å². The summed E-state index contributed by atoms with van der Waals surface area (Å²) in [7, 11) is 0. The minimum absolute atomic E-state index is 0.0231. The highest BCUT2D eigenvalue weighted by Gasteiger charge is 2.27. The van der Waals surface area contributed by atoms with Gasteiger partial charge in [-0.2, -0.15) is 0 Å². The largest absolute Gasteiger partial charge is 0.398 e. The van der Waals surface area contributed by atoms with Gasteiger partial charge in [0.25, 0.3) is 0 Å². The summed E-state index contributed by atoms with van der Waals surface area (Å²) >= 11 is 0. The highest BCUT2D eigenvalue weighted by atomic mass is 19.2. The molecule has 1 fully saturated rings. The first-order valence-electron chi connectivity index (χ1n) is 6.68. The first-order chi connectivity index (χ1) is 10.1. The minimum atomic E-state index is -0.993.